The molecule has 0 fully saturated rings. The molecule has 296 valence electrons. The van der Waals surface area contributed by atoms with E-state index in [0.29, 0.717) is 6.42 Å². The molecule has 0 radical (unpaired) electrons. The number of rotatable bonds is 40. The molecule has 3 N–H and O–H groups in total. The Balaban J connectivity index is 4.09. The Morgan fingerprint density at radius 3 is 1.48 bits per heavy atom. The van der Waals surface area contributed by atoms with Gasteiger partial charge in [-0.05, 0) is 51.0 Å². The Morgan fingerprint density at radius 2 is 1.02 bits per heavy atom. The highest BCUT2D eigenvalue weighted by atomic mass is 31.2. The van der Waals surface area contributed by atoms with Crippen molar-refractivity contribution in [2.24, 2.45) is 5.73 Å². The Kier molecular flexibility index (Phi) is 38.1. The van der Waals surface area contributed by atoms with E-state index < -0.39 is 13.9 Å². The number of ether oxygens (including phenoxy) is 2. The minimum absolute atomic E-state index is 0.0655. The summed E-state index contributed by atoms with van der Waals surface area (Å²) in [6, 6.07) is 0. The molecule has 8 nitrogen and oxygen atoms in total. The zero-order valence-electron chi connectivity index (χ0n) is 32.6. The second-order valence-electron chi connectivity index (χ2n) is 13.9. The highest BCUT2D eigenvalue weighted by molar-refractivity contribution is 7.47. The maximum atomic E-state index is 12.4. The average molecular weight is 730 g/mol. The van der Waals surface area contributed by atoms with E-state index in [1.54, 1.807) is 6.26 Å². The van der Waals surface area contributed by atoms with Gasteiger partial charge in [-0.1, -0.05) is 161 Å². The number of phosphoric acid groups is 1. The van der Waals surface area contributed by atoms with E-state index in [0.717, 1.165) is 38.5 Å². The summed E-state index contributed by atoms with van der Waals surface area (Å²) in [4.78, 5) is 22.2. The molecule has 0 aliphatic rings. The molecule has 1 unspecified atom stereocenters. The number of carbonyl (C=O) groups excluding carboxylic acids is 1. The van der Waals surface area contributed by atoms with Crippen LogP contribution < -0.4 is 5.73 Å². The highest BCUT2D eigenvalue weighted by Gasteiger charge is 2.24. The first-order valence-electron chi connectivity index (χ1n) is 20.9. The molecule has 9 heteroatoms. The smallest absolute Gasteiger partial charge is 0.472 e. The quantitative estimate of drug-likeness (QED) is 0.0210. The van der Waals surface area contributed by atoms with E-state index in [4.69, 9.17) is 24.3 Å². The monoisotopic (exact) mass is 730 g/mol. The van der Waals surface area contributed by atoms with Crippen molar-refractivity contribution in [1.82, 2.24) is 0 Å². The summed E-state index contributed by atoms with van der Waals surface area (Å²) in [5, 5.41) is 0. The number of allylic oxidation sites excluding steroid dienone is 3. The molecular weight excluding hydrogens is 649 g/mol. The summed E-state index contributed by atoms with van der Waals surface area (Å²) < 4.78 is 33.2. The van der Waals surface area contributed by atoms with E-state index in [1.807, 2.05) is 6.08 Å². The molecule has 0 aliphatic heterocycles. The molecule has 50 heavy (non-hydrogen) atoms. The number of esters is 1. The van der Waals surface area contributed by atoms with Gasteiger partial charge < -0.3 is 20.1 Å². The standard InChI is InChI=1S/C41H80NO7P/c1-3-5-7-9-11-13-15-17-19-21-23-25-27-29-31-33-36-46-40(39-49-50(44,45)48-37-35-42)38-47-41(43)34-32-30-28-26-24-22-20-18-16-14-12-10-8-6-4-2/h18,20,33,36,40H,3-17,19,21-32,34-35,37-39,42H2,1-2H3,(H,44,45)/t40-/m1/s1. The van der Waals surface area contributed by atoms with Gasteiger partial charge in [0.25, 0.3) is 0 Å². The third kappa shape index (κ3) is 38.1. The number of nitrogens with two attached hydrogens (primary N) is 1. The van der Waals surface area contributed by atoms with Crippen molar-refractivity contribution in [3.05, 3.63) is 24.5 Å². The molecule has 0 aromatic carbocycles. The molecule has 0 spiro atoms. The summed E-state index contributed by atoms with van der Waals surface area (Å²) in [5.41, 5.74) is 5.36. The van der Waals surface area contributed by atoms with Gasteiger partial charge in [-0.3, -0.25) is 13.8 Å². The first-order valence-corrected chi connectivity index (χ1v) is 22.4. The summed E-state index contributed by atoms with van der Waals surface area (Å²) in [7, 11) is -4.26. The average Bonchev–Trinajstić information content (AvgIpc) is 3.11. The largest absolute Gasteiger partial charge is 0.492 e. The molecule has 0 bridgehead atoms. The van der Waals surface area contributed by atoms with Gasteiger partial charge in [-0.15, -0.1) is 0 Å². The zero-order chi connectivity index (χ0) is 36.6. The van der Waals surface area contributed by atoms with Crippen LogP contribution in [0.2, 0.25) is 0 Å². The van der Waals surface area contributed by atoms with Gasteiger partial charge in [0, 0.05) is 13.0 Å². The van der Waals surface area contributed by atoms with E-state index in [1.165, 1.54) is 141 Å². The van der Waals surface area contributed by atoms with E-state index in [9.17, 15) is 14.3 Å². The molecule has 0 rings (SSSR count). The third-order valence-electron chi connectivity index (χ3n) is 8.96. The SMILES string of the molecule is CCCCCCCCC=CCCCCCCCC(=O)OC[C@H](COP(=O)(O)OCCN)OC=CCCCCCCCCCCCCCCCC. The molecule has 0 aromatic rings. The first kappa shape index (κ1) is 48.8. The molecular formula is C41H80NO7P. The fourth-order valence-corrected chi connectivity index (χ4v) is 6.56. The van der Waals surface area contributed by atoms with Crippen LogP contribution in [0.15, 0.2) is 24.5 Å². The van der Waals surface area contributed by atoms with Crippen molar-refractivity contribution in [2.45, 2.75) is 206 Å². The zero-order valence-corrected chi connectivity index (χ0v) is 33.5. The fourth-order valence-electron chi connectivity index (χ4n) is 5.80. The van der Waals surface area contributed by atoms with Gasteiger partial charge in [0.2, 0.25) is 0 Å². The highest BCUT2D eigenvalue weighted by Crippen LogP contribution is 2.43. The van der Waals surface area contributed by atoms with Gasteiger partial charge in [-0.2, -0.15) is 0 Å². The van der Waals surface area contributed by atoms with E-state index in [-0.39, 0.29) is 32.3 Å². The Hall–Kier alpha value is -1.18. The van der Waals surface area contributed by atoms with E-state index in [2.05, 4.69) is 26.0 Å². The van der Waals surface area contributed by atoms with Crippen LogP contribution >= 0.6 is 7.82 Å². The molecule has 0 amide bonds. The van der Waals surface area contributed by atoms with Gasteiger partial charge in [0.1, 0.15) is 6.61 Å². The summed E-state index contributed by atoms with van der Waals surface area (Å²) >= 11 is 0. The maximum Gasteiger partial charge on any atom is 0.472 e. The Morgan fingerprint density at radius 1 is 0.600 bits per heavy atom. The lowest BCUT2D eigenvalue weighted by Gasteiger charge is -2.19. The number of hydrogen-bond donors (Lipinski definition) is 2. The van der Waals surface area contributed by atoms with Gasteiger partial charge >= 0.3 is 13.8 Å². The summed E-state index contributed by atoms with van der Waals surface area (Å²) in [6.45, 7) is 4.22. The van der Waals surface area contributed by atoms with Crippen molar-refractivity contribution >= 4 is 13.8 Å². The summed E-state index contributed by atoms with van der Waals surface area (Å²) in [5.74, 6) is -0.297. The summed E-state index contributed by atoms with van der Waals surface area (Å²) in [6.07, 6.45) is 42.9. The second kappa shape index (κ2) is 39.0. The predicted octanol–water partition coefficient (Wildman–Crippen LogP) is 12.4. The molecule has 2 atom stereocenters. The van der Waals surface area contributed by atoms with Crippen LogP contribution in [0.4, 0.5) is 0 Å². The van der Waals surface area contributed by atoms with Crippen LogP contribution in [0.25, 0.3) is 0 Å². The van der Waals surface area contributed by atoms with Crippen molar-refractivity contribution in [2.75, 3.05) is 26.4 Å². The molecule has 0 saturated carbocycles. The van der Waals surface area contributed by atoms with Gasteiger partial charge in [0.05, 0.1) is 19.5 Å². The topological polar surface area (TPSA) is 117 Å². The van der Waals surface area contributed by atoms with Crippen LogP contribution in [0.1, 0.15) is 200 Å². The Bertz CT molecular complexity index is 823. The van der Waals surface area contributed by atoms with Gasteiger partial charge in [-0.25, -0.2) is 4.57 Å². The third-order valence-corrected chi connectivity index (χ3v) is 9.94. The number of hydrogen-bond acceptors (Lipinski definition) is 7. The maximum absolute atomic E-state index is 12.4. The minimum atomic E-state index is -4.26. The minimum Gasteiger partial charge on any atom is -0.492 e. The van der Waals surface area contributed by atoms with Gasteiger partial charge in [0.15, 0.2) is 6.10 Å². The van der Waals surface area contributed by atoms with Crippen LogP contribution in [-0.4, -0.2) is 43.3 Å². The van der Waals surface area contributed by atoms with Crippen LogP contribution in [0, 0.1) is 0 Å². The van der Waals surface area contributed by atoms with Crippen LogP contribution in [-0.2, 0) is 27.9 Å². The first-order chi connectivity index (χ1) is 24.4. The van der Waals surface area contributed by atoms with Crippen molar-refractivity contribution in [3.8, 4) is 0 Å². The number of phosphoric ester groups is 1. The second-order valence-corrected chi connectivity index (χ2v) is 15.4. The predicted molar refractivity (Wildman–Crippen MR) is 210 cm³/mol. The number of unbranched alkanes of at least 4 members (excludes halogenated alkanes) is 25. The normalized spacial score (nSPS) is 13.7. The fraction of sp³-hybridized carbons (Fsp3) is 0.878. The van der Waals surface area contributed by atoms with Crippen LogP contribution in [0.3, 0.4) is 0 Å². The lowest BCUT2D eigenvalue weighted by atomic mass is 10.0. The molecule has 0 saturated heterocycles. The lowest BCUT2D eigenvalue weighted by molar-refractivity contribution is -0.147. The van der Waals surface area contributed by atoms with E-state index >= 15 is 0 Å². The van der Waals surface area contributed by atoms with Crippen molar-refractivity contribution < 1.29 is 32.8 Å². The van der Waals surface area contributed by atoms with Crippen LogP contribution in [0.5, 0.6) is 0 Å². The lowest BCUT2D eigenvalue weighted by Crippen LogP contribution is -2.25. The molecule has 0 aromatic heterocycles. The van der Waals surface area contributed by atoms with Crippen molar-refractivity contribution in [1.29, 1.82) is 0 Å². The number of carbonyl (C=O) groups is 1. The Labute approximate surface area is 308 Å². The molecule has 0 heterocycles. The molecule has 0 aliphatic carbocycles. The van der Waals surface area contributed by atoms with Crippen molar-refractivity contribution in [3.63, 3.8) is 0 Å².